The van der Waals surface area contributed by atoms with Crippen LogP contribution < -0.4 is 5.32 Å². The van der Waals surface area contributed by atoms with Crippen molar-refractivity contribution in [1.29, 1.82) is 0 Å². The van der Waals surface area contributed by atoms with E-state index in [2.05, 4.69) is 15.0 Å². The summed E-state index contributed by atoms with van der Waals surface area (Å²) in [6.45, 7) is 0. The fraction of sp³-hybridized carbons (Fsp3) is 0.214. The first-order valence-corrected chi connectivity index (χ1v) is 7.49. The Balaban J connectivity index is 1.99. The van der Waals surface area contributed by atoms with Crippen molar-refractivity contribution in [2.45, 2.75) is 12.8 Å². The molecule has 0 atom stereocenters. The maximum Gasteiger partial charge on any atom is 0.311 e. The molecule has 8 heteroatoms. The minimum Gasteiger partial charge on any atom is -0.469 e. The summed E-state index contributed by atoms with van der Waals surface area (Å²) in [7, 11) is 1.29. The van der Waals surface area contributed by atoms with Gasteiger partial charge in [-0.15, -0.1) is 11.3 Å². The van der Waals surface area contributed by atoms with Crippen LogP contribution in [0.2, 0.25) is 5.02 Å². The first-order chi connectivity index (χ1) is 10.5. The highest BCUT2D eigenvalue weighted by atomic mass is 35.5. The van der Waals surface area contributed by atoms with Crippen molar-refractivity contribution in [2.24, 2.45) is 0 Å². The molecule has 0 radical (unpaired) electrons. The lowest BCUT2D eigenvalue weighted by atomic mass is 10.1. The van der Waals surface area contributed by atoms with Gasteiger partial charge in [0.25, 0.3) is 0 Å². The van der Waals surface area contributed by atoms with Crippen molar-refractivity contribution in [1.82, 2.24) is 4.98 Å². The molecule has 22 heavy (non-hydrogen) atoms. The van der Waals surface area contributed by atoms with Crippen molar-refractivity contribution in [3.05, 3.63) is 45.7 Å². The van der Waals surface area contributed by atoms with E-state index in [1.54, 1.807) is 5.38 Å². The van der Waals surface area contributed by atoms with Gasteiger partial charge in [-0.05, 0) is 12.1 Å². The van der Waals surface area contributed by atoms with E-state index in [1.165, 1.54) is 36.6 Å². The van der Waals surface area contributed by atoms with Crippen LogP contribution in [0.25, 0.3) is 0 Å². The molecule has 0 aliphatic rings. The summed E-state index contributed by atoms with van der Waals surface area (Å²) in [5.74, 6) is -1.39. The van der Waals surface area contributed by atoms with Crippen molar-refractivity contribution in [3.8, 4) is 0 Å². The number of carbonyl (C=O) groups is 2. The minimum absolute atomic E-state index is 0.0298. The highest BCUT2D eigenvalue weighted by molar-refractivity contribution is 7.13. The quantitative estimate of drug-likeness (QED) is 0.848. The largest absolute Gasteiger partial charge is 0.469 e. The lowest BCUT2D eigenvalue weighted by Crippen LogP contribution is -2.15. The van der Waals surface area contributed by atoms with Crippen LogP contribution in [0, 0.1) is 5.82 Å². The molecule has 1 N–H and O–H groups in total. The molecule has 1 amide bonds. The number of ether oxygens (including phenoxy) is 1. The minimum atomic E-state index is -0.534. The summed E-state index contributed by atoms with van der Waals surface area (Å²) in [6.07, 6.45) is -0.167. The van der Waals surface area contributed by atoms with Crippen LogP contribution in [0.1, 0.15) is 11.3 Å². The average Bonchev–Trinajstić information content (AvgIpc) is 2.90. The molecule has 116 valence electrons. The normalized spacial score (nSPS) is 10.3. The third-order valence-corrected chi connectivity index (χ3v) is 3.91. The Morgan fingerprint density at radius 1 is 1.41 bits per heavy atom. The van der Waals surface area contributed by atoms with Crippen molar-refractivity contribution < 1.29 is 18.7 Å². The number of anilines is 1. The number of nitrogens with zero attached hydrogens (tertiary/aromatic N) is 1. The molecular weight excluding hydrogens is 331 g/mol. The van der Waals surface area contributed by atoms with Crippen LogP contribution in [0.15, 0.2) is 23.6 Å². The summed E-state index contributed by atoms with van der Waals surface area (Å²) in [6, 6.07) is 4.23. The van der Waals surface area contributed by atoms with Gasteiger partial charge in [-0.1, -0.05) is 17.7 Å². The number of rotatable bonds is 5. The predicted octanol–water partition coefficient (Wildman–Crippen LogP) is 2.83. The highest BCUT2D eigenvalue weighted by Gasteiger charge is 2.14. The van der Waals surface area contributed by atoms with Gasteiger partial charge in [0.15, 0.2) is 5.13 Å². The second-order valence-corrected chi connectivity index (χ2v) is 5.59. The highest BCUT2D eigenvalue weighted by Crippen LogP contribution is 2.21. The fourth-order valence-corrected chi connectivity index (χ4v) is 2.65. The number of amides is 1. The van der Waals surface area contributed by atoms with Crippen LogP contribution in [-0.4, -0.2) is 24.0 Å². The second kappa shape index (κ2) is 7.33. The first kappa shape index (κ1) is 16.4. The topological polar surface area (TPSA) is 68.3 Å². The van der Waals surface area contributed by atoms with Gasteiger partial charge >= 0.3 is 5.97 Å². The Morgan fingerprint density at radius 2 is 2.18 bits per heavy atom. The number of hydrogen-bond donors (Lipinski definition) is 1. The number of esters is 1. The average molecular weight is 343 g/mol. The van der Waals surface area contributed by atoms with Crippen LogP contribution in [0.4, 0.5) is 9.52 Å². The van der Waals surface area contributed by atoms with Gasteiger partial charge in [0.2, 0.25) is 5.91 Å². The number of benzene rings is 1. The number of nitrogens with one attached hydrogen (secondary N) is 1. The molecule has 2 aromatic rings. The van der Waals surface area contributed by atoms with Crippen LogP contribution in [0.3, 0.4) is 0 Å². The molecule has 0 aliphatic carbocycles. The summed E-state index contributed by atoms with van der Waals surface area (Å²) >= 11 is 7.04. The molecule has 5 nitrogen and oxygen atoms in total. The van der Waals surface area contributed by atoms with Crippen molar-refractivity contribution >= 4 is 39.9 Å². The predicted molar refractivity (Wildman–Crippen MR) is 81.6 cm³/mol. The lowest BCUT2D eigenvalue weighted by Gasteiger charge is -2.05. The zero-order valence-corrected chi connectivity index (χ0v) is 13.1. The van der Waals surface area contributed by atoms with Crippen LogP contribution in [-0.2, 0) is 27.2 Å². The summed E-state index contributed by atoms with van der Waals surface area (Å²) in [4.78, 5) is 27.1. The summed E-state index contributed by atoms with van der Waals surface area (Å²) in [5, 5.41) is 4.71. The Morgan fingerprint density at radius 3 is 2.86 bits per heavy atom. The molecule has 0 saturated heterocycles. The standard InChI is InChI=1S/C14H12ClFN2O3S/c1-21-13(20)5-8-7-22-14(17-8)18-12(19)6-9-10(15)3-2-4-11(9)16/h2-4,7H,5-6H2,1H3,(H,17,18,19). The lowest BCUT2D eigenvalue weighted by molar-refractivity contribution is -0.139. The molecule has 1 heterocycles. The second-order valence-electron chi connectivity index (χ2n) is 4.32. The van der Waals surface area contributed by atoms with E-state index in [0.29, 0.717) is 10.8 Å². The van der Waals surface area contributed by atoms with E-state index >= 15 is 0 Å². The Bertz CT molecular complexity index is 685. The monoisotopic (exact) mass is 342 g/mol. The van der Waals surface area contributed by atoms with E-state index < -0.39 is 17.7 Å². The van der Waals surface area contributed by atoms with Gasteiger partial charge in [-0.2, -0.15) is 0 Å². The maximum absolute atomic E-state index is 13.6. The number of halogens is 2. The van der Waals surface area contributed by atoms with Crippen LogP contribution >= 0.6 is 22.9 Å². The van der Waals surface area contributed by atoms with E-state index in [9.17, 15) is 14.0 Å². The van der Waals surface area contributed by atoms with Gasteiger partial charge in [-0.25, -0.2) is 9.37 Å². The first-order valence-electron chi connectivity index (χ1n) is 6.23. The molecule has 0 aliphatic heterocycles. The number of thiazole rings is 1. The van der Waals surface area contributed by atoms with E-state index in [1.807, 2.05) is 0 Å². The van der Waals surface area contributed by atoms with Gasteiger partial charge in [0, 0.05) is 16.0 Å². The number of carbonyl (C=O) groups excluding carboxylic acids is 2. The summed E-state index contributed by atoms with van der Waals surface area (Å²) in [5.41, 5.74) is 0.629. The molecule has 0 spiro atoms. The van der Waals surface area contributed by atoms with E-state index in [0.717, 1.165) is 0 Å². The third-order valence-electron chi connectivity index (χ3n) is 2.75. The van der Waals surface area contributed by atoms with E-state index in [4.69, 9.17) is 11.6 Å². The molecule has 1 aromatic carbocycles. The van der Waals surface area contributed by atoms with Gasteiger partial charge in [0.1, 0.15) is 5.82 Å². The van der Waals surface area contributed by atoms with Gasteiger partial charge in [-0.3, -0.25) is 9.59 Å². The number of aromatic nitrogens is 1. The van der Waals surface area contributed by atoms with E-state index in [-0.39, 0.29) is 23.4 Å². The Hall–Kier alpha value is -1.99. The van der Waals surface area contributed by atoms with Crippen molar-refractivity contribution in [3.63, 3.8) is 0 Å². The third kappa shape index (κ3) is 4.25. The molecular formula is C14H12ClFN2O3S. The number of hydrogen-bond acceptors (Lipinski definition) is 5. The SMILES string of the molecule is COC(=O)Cc1csc(NC(=O)Cc2c(F)cccc2Cl)n1. The maximum atomic E-state index is 13.6. The zero-order valence-electron chi connectivity index (χ0n) is 11.6. The zero-order chi connectivity index (χ0) is 16.1. The molecule has 0 bridgehead atoms. The van der Waals surface area contributed by atoms with Gasteiger partial charge in [0.05, 0.1) is 25.6 Å². The number of methoxy groups -OCH3 is 1. The Kier molecular flexibility index (Phi) is 5.46. The molecule has 0 unspecified atom stereocenters. The van der Waals surface area contributed by atoms with Crippen LogP contribution in [0.5, 0.6) is 0 Å². The van der Waals surface area contributed by atoms with Crippen molar-refractivity contribution in [2.75, 3.05) is 12.4 Å². The molecule has 2 rings (SSSR count). The summed E-state index contributed by atoms with van der Waals surface area (Å²) < 4.78 is 18.1. The smallest absolute Gasteiger partial charge is 0.311 e. The van der Waals surface area contributed by atoms with Gasteiger partial charge < -0.3 is 10.1 Å². The molecule has 1 aromatic heterocycles. The molecule has 0 saturated carbocycles. The molecule has 0 fully saturated rings. The Labute approximate surface area is 135 Å². The fourth-order valence-electron chi connectivity index (χ4n) is 1.69.